The molecule has 0 spiro atoms. The molecule has 2 unspecified atom stereocenters. The van der Waals surface area contributed by atoms with E-state index in [2.05, 4.69) is 25.7 Å². The second-order valence-electron chi connectivity index (χ2n) is 5.03. The molecular formula is C13H30N2O2. The Balaban J connectivity index is 4.08. The first-order valence-electron chi connectivity index (χ1n) is 6.50. The topological polar surface area (TPSA) is 47.7 Å². The predicted octanol–water partition coefficient (Wildman–Crippen LogP) is 1.34. The molecule has 0 aliphatic carbocycles. The maximum atomic E-state index is 6.08. The fraction of sp³-hybridized carbons (Fsp3) is 1.00. The molecule has 0 bridgehead atoms. The van der Waals surface area contributed by atoms with E-state index in [1.165, 1.54) is 0 Å². The van der Waals surface area contributed by atoms with Crippen LogP contribution < -0.4 is 5.73 Å². The van der Waals surface area contributed by atoms with E-state index in [9.17, 15) is 0 Å². The first kappa shape index (κ1) is 16.8. The lowest BCUT2D eigenvalue weighted by atomic mass is 10.0. The van der Waals surface area contributed by atoms with Gasteiger partial charge in [0.15, 0.2) is 0 Å². The van der Waals surface area contributed by atoms with Crippen LogP contribution in [0.3, 0.4) is 0 Å². The van der Waals surface area contributed by atoms with E-state index in [0.717, 1.165) is 32.7 Å². The molecule has 0 aromatic heterocycles. The first-order chi connectivity index (χ1) is 8.02. The van der Waals surface area contributed by atoms with Gasteiger partial charge in [0, 0.05) is 39.4 Å². The largest absolute Gasteiger partial charge is 0.383 e. The van der Waals surface area contributed by atoms with Gasteiger partial charge in [0.05, 0.1) is 13.2 Å². The minimum atomic E-state index is 0.273. The summed E-state index contributed by atoms with van der Waals surface area (Å²) in [5, 5.41) is 0. The van der Waals surface area contributed by atoms with Crippen molar-refractivity contribution in [2.45, 2.75) is 39.3 Å². The van der Waals surface area contributed by atoms with Crippen LogP contribution in [0.15, 0.2) is 0 Å². The molecule has 2 atom stereocenters. The Bertz CT molecular complexity index is 177. The van der Waals surface area contributed by atoms with Gasteiger partial charge in [-0.05, 0) is 19.3 Å². The van der Waals surface area contributed by atoms with Crippen LogP contribution in [0.25, 0.3) is 0 Å². The van der Waals surface area contributed by atoms with Gasteiger partial charge in [0.25, 0.3) is 0 Å². The second kappa shape index (κ2) is 9.83. The van der Waals surface area contributed by atoms with Crippen LogP contribution in [-0.4, -0.2) is 57.5 Å². The molecule has 0 aliphatic rings. The molecule has 0 aromatic rings. The van der Waals surface area contributed by atoms with Crippen LogP contribution in [0.1, 0.15) is 27.2 Å². The van der Waals surface area contributed by atoms with Crippen molar-refractivity contribution in [1.29, 1.82) is 0 Å². The summed E-state index contributed by atoms with van der Waals surface area (Å²) in [6.45, 7) is 9.97. The third-order valence-electron chi connectivity index (χ3n) is 3.22. The Kier molecular flexibility index (Phi) is 9.74. The van der Waals surface area contributed by atoms with Crippen molar-refractivity contribution in [1.82, 2.24) is 4.90 Å². The van der Waals surface area contributed by atoms with Gasteiger partial charge in [-0.25, -0.2) is 0 Å². The van der Waals surface area contributed by atoms with Crippen molar-refractivity contribution < 1.29 is 9.47 Å². The Morgan fingerprint density at radius 1 is 1.06 bits per heavy atom. The standard InChI is InChI=1S/C13H30N2O2/c1-11(2)13(14)6-7-15(8-9-16-4)12(3)10-17-5/h11-13H,6-10,14H2,1-5H3. The van der Waals surface area contributed by atoms with Crippen LogP contribution in [0.5, 0.6) is 0 Å². The highest BCUT2D eigenvalue weighted by atomic mass is 16.5. The second-order valence-corrected chi connectivity index (χ2v) is 5.03. The molecule has 0 saturated carbocycles. The number of nitrogens with zero attached hydrogens (tertiary/aromatic N) is 1. The molecule has 4 heteroatoms. The Morgan fingerprint density at radius 3 is 2.18 bits per heavy atom. The van der Waals surface area contributed by atoms with E-state index >= 15 is 0 Å². The molecule has 2 N–H and O–H groups in total. The minimum Gasteiger partial charge on any atom is -0.383 e. The van der Waals surface area contributed by atoms with Gasteiger partial charge >= 0.3 is 0 Å². The summed E-state index contributed by atoms with van der Waals surface area (Å²) < 4.78 is 10.3. The summed E-state index contributed by atoms with van der Waals surface area (Å²) in [6, 6.07) is 0.685. The third-order valence-corrected chi connectivity index (χ3v) is 3.22. The van der Waals surface area contributed by atoms with Crippen molar-refractivity contribution in [2.75, 3.05) is 40.5 Å². The number of hydrogen-bond acceptors (Lipinski definition) is 4. The maximum Gasteiger partial charge on any atom is 0.0615 e. The van der Waals surface area contributed by atoms with Gasteiger partial charge in [-0.3, -0.25) is 4.90 Å². The highest BCUT2D eigenvalue weighted by molar-refractivity contribution is 4.72. The molecular weight excluding hydrogens is 216 g/mol. The lowest BCUT2D eigenvalue weighted by Crippen LogP contribution is -2.41. The Labute approximate surface area is 106 Å². The highest BCUT2D eigenvalue weighted by Crippen LogP contribution is 2.07. The highest BCUT2D eigenvalue weighted by Gasteiger charge is 2.15. The van der Waals surface area contributed by atoms with Crippen LogP contribution >= 0.6 is 0 Å². The number of methoxy groups -OCH3 is 2. The summed E-state index contributed by atoms with van der Waals surface area (Å²) in [4.78, 5) is 2.38. The van der Waals surface area contributed by atoms with Gasteiger partial charge in [0.1, 0.15) is 0 Å². The zero-order chi connectivity index (χ0) is 13.3. The van der Waals surface area contributed by atoms with Crippen molar-refractivity contribution in [3.63, 3.8) is 0 Å². The van der Waals surface area contributed by atoms with E-state index in [0.29, 0.717) is 12.0 Å². The third kappa shape index (κ3) is 7.71. The summed E-state index contributed by atoms with van der Waals surface area (Å²) in [5.41, 5.74) is 6.08. The van der Waals surface area contributed by atoms with Gasteiger partial charge in [-0.2, -0.15) is 0 Å². The summed E-state index contributed by atoms with van der Waals surface area (Å²) in [5.74, 6) is 0.539. The molecule has 0 aromatic carbocycles. The summed E-state index contributed by atoms with van der Waals surface area (Å²) >= 11 is 0. The molecule has 0 radical (unpaired) electrons. The average Bonchev–Trinajstić information content (AvgIpc) is 2.28. The fourth-order valence-corrected chi connectivity index (χ4v) is 1.76. The molecule has 0 fully saturated rings. The zero-order valence-corrected chi connectivity index (χ0v) is 12.1. The molecule has 104 valence electrons. The molecule has 0 aliphatic heterocycles. The fourth-order valence-electron chi connectivity index (χ4n) is 1.76. The van der Waals surface area contributed by atoms with E-state index in [4.69, 9.17) is 15.2 Å². The lowest BCUT2D eigenvalue weighted by Gasteiger charge is -2.30. The maximum absolute atomic E-state index is 6.08. The normalized spacial score (nSPS) is 15.5. The van der Waals surface area contributed by atoms with Crippen molar-refractivity contribution in [2.24, 2.45) is 11.7 Å². The molecule has 0 amide bonds. The van der Waals surface area contributed by atoms with Crippen LogP contribution in [0.2, 0.25) is 0 Å². The lowest BCUT2D eigenvalue weighted by molar-refractivity contribution is 0.0724. The van der Waals surface area contributed by atoms with Gasteiger partial charge in [0.2, 0.25) is 0 Å². The average molecular weight is 246 g/mol. The van der Waals surface area contributed by atoms with Crippen molar-refractivity contribution in [3.05, 3.63) is 0 Å². The van der Waals surface area contributed by atoms with Gasteiger partial charge in [-0.1, -0.05) is 13.8 Å². The summed E-state index contributed by atoms with van der Waals surface area (Å²) in [6.07, 6.45) is 1.02. The van der Waals surface area contributed by atoms with Gasteiger partial charge < -0.3 is 15.2 Å². The van der Waals surface area contributed by atoms with E-state index in [1.54, 1.807) is 14.2 Å². The Hall–Kier alpha value is -0.160. The molecule has 0 rings (SSSR count). The molecule has 4 nitrogen and oxygen atoms in total. The minimum absolute atomic E-state index is 0.273. The SMILES string of the molecule is COCCN(CCC(N)C(C)C)C(C)COC. The van der Waals surface area contributed by atoms with Crippen molar-refractivity contribution in [3.8, 4) is 0 Å². The molecule has 0 saturated heterocycles. The van der Waals surface area contributed by atoms with Crippen LogP contribution in [0.4, 0.5) is 0 Å². The predicted molar refractivity (Wildman–Crippen MR) is 72.2 cm³/mol. The van der Waals surface area contributed by atoms with Gasteiger partial charge in [-0.15, -0.1) is 0 Å². The van der Waals surface area contributed by atoms with E-state index in [-0.39, 0.29) is 6.04 Å². The number of nitrogens with two attached hydrogens (primary N) is 1. The Morgan fingerprint density at radius 2 is 1.71 bits per heavy atom. The summed E-state index contributed by atoms with van der Waals surface area (Å²) in [7, 11) is 3.48. The van der Waals surface area contributed by atoms with Crippen molar-refractivity contribution >= 4 is 0 Å². The quantitative estimate of drug-likeness (QED) is 0.632. The molecule has 0 heterocycles. The number of ether oxygens (including phenoxy) is 2. The monoisotopic (exact) mass is 246 g/mol. The first-order valence-corrected chi connectivity index (χ1v) is 6.50. The zero-order valence-electron chi connectivity index (χ0n) is 12.1. The number of rotatable bonds is 10. The number of hydrogen-bond donors (Lipinski definition) is 1. The molecule has 17 heavy (non-hydrogen) atoms. The van der Waals surface area contributed by atoms with E-state index < -0.39 is 0 Å². The van der Waals surface area contributed by atoms with E-state index in [1.807, 2.05) is 0 Å². The smallest absolute Gasteiger partial charge is 0.0615 e. The van der Waals surface area contributed by atoms with Crippen LogP contribution in [-0.2, 0) is 9.47 Å². The van der Waals surface area contributed by atoms with Crippen LogP contribution in [0, 0.1) is 5.92 Å².